The van der Waals surface area contributed by atoms with Gasteiger partial charge in [-0.1, -0.05) is 6.92 Å². The van der Waals surface area contributed by atoms with Crippen molar-refractivity contribution in [3.63, 3.8) is 0 Å². The van der Waals surface area contributed by atoms with Gasteiger partial charge in [0.25, 0.3) is 0 Å². The Morgan fingerprint density at radius 3 is 2.58 bits per heavy atom. The van der Waals surface area contributed by atoms with E-state index in [0.29, 0.717) is 13.0 Å². The lowest BCUT2D eigenvalue weighted by atomic mass is 10.2. The topological polar surface area (TPSA) is 45.0 Å². The first-order chi connectivity index (χ1) is 9.19. The largest absolute Gasteiger partial charge is 0.491 e. The van der Waals surface area contributed by atoms with Gasteiger partial charge in [0.2, 0.25) is 0 Å². The number of benzene rings is 1. The molecule has 0 aliphatic rings. The van der Waals surface area contributed by atoms with Gasteiger partial charge in [0.1, 0.15) is 5.75 Å². The van der Waals surface area contributed by atoms with Gasteiger partial charge in [-0.2, -0.15) is 5.26 Å². The van der Waals surface area contributed by atoms with Crippen LogP contribution < -0.4 is 10.1 Å². The highest BCUT2D eigenvalue weighted by Crippen LogP contribution is 2.34. The fraction of sp³-hybridized carbons (Fsp3) is 0.500. The molecule has 0 saturated carbocycles. The van der Waals surface area contributed by atoms with Crippen LogP contribution in [0.3, 0.4) is 0 Å². The monoisotopic (exact) mass is 388 g/mol. The second-order valence-electron chi connectivity index (χ2n) is 4.18. The first-order valence-corrected chi connectivity index (χ1v) is 7.96. The Bertz CT molecular complexity index is 421. The van der Waals surface area contributed by atoms with Gasteiger partial charge in [0, 0.05) is 13.0 Å². The number of halogens is 2. The fourth-order valence-electron chi connectivity index (χ4n) is 1.59. The average Bonchev–Trinajstić information content (AvgIpc) is 2.37. The molecule has 0 atom stereocenters. The highest BCUT2D eigenvalue weighted by molar-refractivity contribution is 9.11. The molecule has 0 unspecified atom stereocenters. The Kier molecular flexibility index (Phi) is 8.11. The van der Waals surface area contributed by atoms with Gasteiger partial charge < -0.3 is 10.1 Å². The maximum absolute atomic E-state index is 8.48. The zero-order valence-electron chi connectivity index (χ0n) is 11.0. The molecular formula is C14H18Br2N2O. The van der Waals surface area contributed by atoms with Crippen molar-refractivity contribution >= 4 is 31.9 Å². The minimum atomic E-state index is 0.522. The number of hydrogen-bond acceptors (Lipinski definition) is 3. The van der Waals surface area contributed by atoms with Crippen molar-refractivity contribution in [1.82, 2.24) is 5.32 Å². The Morgan fingerprint density at radius 2 is 2.00 bits per heavy atom. The summed E-state index contributed by atoms with van der Waals surface area (Å²) in [4.78, 5) is 0. The molecule has 0 bridgehead atoms. The fourth-order valence-corrected chi connectivity index (χ4v) is 3.10. The van der Waals surface area contributed by atoms with Crippen LogP contribution in [0.5, 0.6) is 5.75 Å². The third kappa shape index (κ3) is 5.94. The van der Waals surface area contributed by atoms with Gasteiger partial charge in [-0.05, 0) is 68.9 Å². The number of unbranched alkanes of at least 4 members (excludes halogenated alkanes) is 1. The number of nitriles is 1. The lowest BCUT2D eigenvalue weighted by Gasteiger charge is -2.12. The number of nitrogens with one attached hydrogen (secondary N) is 1. The summed E-state index contributed by atoms with van der Waals surface area (Å²) in [6.45, 7) is 4.57. The van der Waals surface area contributed by atoms with Crippen LogP contribution in [-0.4, -0.2) is 13.2 Å². The van der Waals surface area contributed by atoms with Crippen molar-refractivity contribution in [2.24, 2.45) is 0 Å². The molecule has 1 rings (SSSR count). The van der Waals surface area contributed by atoms with Crippen LogP contribution in [0, 0.1) is 11.3 Å². The Labute approximate surface area is 131 Å². The van der Waals surface area contributed by atoms with E-state index in [1.807, 2.05) is 0 Å². The molecule has 0 spiro atoms. The van der Waals surface area contributed by atoms with Crippen LogP contribution in [0.15, 0.2) is 21.1 Å². The van der Waals surface area contributed by atoms with Crippen LogP contribution in [0.2, 0.25) is 0 Å². The van der Waals surface area contributed by atoms with Crippen molar-refractivity contribution < 1.29 is 4.74 Å². The normalized spacial score (nSPS) is 10.2. The molecule has 0 fully saturated rings. The molecular weight excluding hydrogens is 372 g/mol. The summed E-state index contributed by atoms with van der Waals surface area (Å²) in [5, 5.41) is 11.8. The molecule has 0 aliphatic carbocycles. The van der Waals surface area contributed by atoms with E-state index >= 15 is 0 Å². The highest BCUT2D eigenvalue weighted by Gasteiger charge is 2.08. The average molecular weight is 390 g/mol. The highest BCUT2D eigenvalue weighted by atomic mass is 79.9. The number of nitrogens with zero attached hydrogens (tertiary/aromatic N) is 1. The second kappa shape index (κ2) is 9.35. The van der Waals surface area contributed by atoms with Gasteiger partial charge >= 0.3 is 0 Å². The molecule has 3 nitrogen and oxygen atoms in total. The van der Waals surface area contributed by atoms with Gasteiger partial charge in [-0.3, -0.25) is 0 Å². The molecule has 1 aromatic carbocycles. The molecule has 0 saturated heterocycles. The molecule has 0 radical (unpaired) electrons. The van der Waals surface area contributed by atoms with E-state index in [1.54, 1.807) is 0 Å². The van der Waals surface area contributed by atoms with Crippen molar-refractivity contribution in [2.45, 2.75) is 32.7 Å². The summed E-state index contributed by atoms with van der Waals surface area (Å²) >= 11 is 7.06. The van der Waals surface area contributed by atoms with E-state index in [-0.39, 0.29) is 0 Å². The quantitative estimate of drug-likeness (QED) is 0.670. The van der Waals surface area contributed by atoms with E-state index in [1.165, 1.54) is 5.56 Å². The van der Waals surface area contributed by atoms with Crippen LogP contribution >= 0.6 is 31.9 Å². The van der Waals surface area contributed by atoms with Gasteiger partial charge in [-0.15, -0.1) is 0 Å². The molecule has 1 aromatic rings. The lowest BCUT2D eigenvalue weighted by Crippen LogP contribution is -2.13. The molecule has 5 heteroatoms. The van der Waals surface area contributed by atoms with Crippen molar-refractivity contribution in [3.05, 3.63) is 26.6 Å². The number of rotatable bonds is 8. The Hall–Kier alpha value is -0.570. The van der Waals surface area contributed by atoms with E-state index in [4.69, 9.17) is 10.00 Å². The summed E-state index contributed by atoms with van der Waals surface area (Å²) in [6, 6.07) is 6.23. The van der Waals surface area contributed by atoms with Crippen LogP contribution in [0.25, 0.3) is 0 Å². The molecule has 1 N–H and O–H groups in total. The Morgan fingerprint density at radius 1 is 1.32 bits per heavy atom. The minimum Gasteiger partial charge on any atom is -0.491 e. The molecule has 0 heterocycles. The molecule has 0 aromatic heterocycles. The zero-order valence-corrected chi connectivity index (χ0v) is 14.2. The summed E-state index contributed by atoms with van der Waals surface area (Å²) in [7, 11) is 0. The van der Waals surface area contributed by atoms with Crippen molar-refractivity contribution in [3.8, 4) is 11.8 Å². The summed E-state index contributed by atoms with van der Waals surface area (Å²) in [6.07, 6.45) is 2.39. The van der Waals surface area contributed by atoms with Gasteiger partial charge in [0.05, 0.1) is 21.6 Å². The van der Waals surface area contributed by atoms with Crippen LogP contribution in [0.4, 0.5) is 0 Å². The minimum absolute atomic E-state index is 0.522. The predicted molar refractivity (Wildman–Crippen MR) is 84.2 cm³/mol. The van der Waals surface area contributed by atoms with Crippen molar-refractivity contribution in [1.29, 1.82) is 5.26 Å². The van der Waals surface area contributed by atoms with Crippen LogP contribution in [-0.2, 0) is 6.54 Å². The lowest BCUT2D eigenvalue weighted by molar-refractivity contribution is 0.309. The van der Waals surface area contributed by atoms with E-state index in [0.717, 1.165) is 40.6 Å². The molecule has 19 heavy (non-hydrogen) atoms. The van der Waals surface area contributed by atoms with E-state index < -0.39 is 0 Å². The number of ether oxygens (including phenoxy) is 1. The third-order valence-electron chi connectivity index (χ3n) is 2.49. The second-order valence-corrected chi connectivity index (χ2v) is 5.88. The van der Waals surface area contributed by atoms with Crippen molar-refractivity contribution in [2.75, 3.05) is 13.2 Å². The van der Waals surface area contributed by atoms with E-state index in [2.05, 4.69) is 62.3 Å². The SMILES string of the molecule is CCCNCc1cc(Br)c(OCCCC#N)c(Br)c1. The third-order valence-corrected chi connectivity index (χ3v) is 3.67. The summed E-state index contributed by atoms with van der Waals surface area (Å²) in [5.41, 5.74) is 1.21. The predicted octanol–water partition coefficient (Wildman–Crippen LogP) is 4.39. The smallest absolute Gasteiger partial charge is 0.147 e. The standard InChI is InChI=1S/C14H18Br2N2O/c1-2-6-18-10-11-8-12(15)14(13(16)9-11)19-7-4-3-5-17/h8-9,18H,2-4,6-7,10H2,1H3. The Balaban J connectivity index is 2.61. The van der Waals surface area contributed by atoms with Crippen LogP contribution in [0.1, 0.15) is 31.7 Å². The summed E-state index contributed by atoms with van der Waals surface area (Å²) < 4.78 is 7.56. The number of hydrogen-bond donors (Lipinski definition) is 1. The maximum atomic E-state index is 8.48. The zero-order chi connectivity index (χ0) is 14.1. The molecule has 0 amide bonds. The molecule has 0 aliphatic heterocycles. The maximum Gasteiger partial charge on any atom is 0.147 e. The molecule has 104 valence electrons. The van der Waals surface area contributed by atoms with E-state index in [9.17, 15) is 0 Å². The first-order valence-electron chi connectivity index (χ1n) is 6.37. The van der Waals surface area contributed by atoms with Gasteiger partial charge in [0.15, 0.2) is 0 Å². The van der Waals surface area contributed by atoms with Gasteiger partial charge in [-0.25, -0.2) is 0 Å². The first kappa shape index (κ1) is 16.5. The summed E-state index contributed by atoms with van der Waals surface area (Å²) in [5.74, 6) is 0.803.